The number of hydrogen-bond acceptors (Lipinski definition) is 7. The quantitative estimate of drug-likeness (QED) is 0.452. The van der Waals surface area contributed by atoms with Gasteiger partial charge >= 0.3 is 5.97 Å². The summed E-state index contributed by atoms with van der Waals surface area (Å²) in [4.78, 5) is 27.3. The molecule has 0 amide bonds. The summed E-state index contributed by atoms with van der Waals surface area (Å²) in [5.74, 6) is 1.67. The van der Waals surface area contributed by atoms with E-state index in [0.717, 1.165) is 50.3 Å². The van der Waals surface area contributed by atoms with Crippen LogP contribution in [0.3, 0.4) is 0 Å². The lowest BCUT2D eigenvalue weighted by atomic mass is 9.92. The summed E-state index contributed by atoms with van der Waals surface area (Å²) < 4.78 is 10.9. The fourth-order valence-corrected chi connectivity index (χ4v) is 3.92. The highest BCUT2D eigenvalue weighted by Gasteiger charge is 2.21. The summed E-state index contributed by atoms with van der Waals surface area (Å²) in [6, 6.07) is 1.81. The Bertz CT molecular complexity index is 829. The fraction of sp³-hybridized carbons (Fsp3) is 0.545. The van der Waals surface area contributed by atoms with Gasteiger partial charge in [-0.1, -0.05) is 11.6 Å². The van der Waals surface area contributed by atoms with Crippen LogP contribution in [0.5, 0.6) is 5.88 Å². The monoisotopic (exact) mass is 432 g/mol. The zero-order chi connectivity index (χ0) is 21.5. The van der Waals surface area contributed by atoms with E-state index in [0.29, 0.717) is 41.3 Å². The number of halogens is 1. The Morgan fingerprint density at radius 1 is 1.23 bits per heavy atom. The van der Waals surface area contributed by atoms with Crippen LogP contribution in [0.2, 0.25) is 5.02 Å². The van der Waals surface area contributed by atoms with Crippen molar-refractivity contribution in [3.05, 3.63) is 40.3 Å². The Kier molecular flexibility index (Phi) is 7.85. The van der Waals surface area contributed by atoms with Crippen LogP contribution in [-0.4, -0.2) is 47.2 Å². The number of ether oxygens (including phenoxy) is 2. The predicted molar refractivity (Wildman–Crippen MR) is 116 cm³/mol. The van der Waals surface area contributed by atoms with Gasteiger partial charge in [-0.2, -0.15) is 0 Å². The highest BCUT2D eigenvalue weighted by atomic mass is 35.5. The van der Waals surface area contributed by atoms with Crippen molar-refractivity contribution in [1.82, 2.24) is 15.0 Å². The van der Waals surface area contributed by atoms with E-state index < -0.39 is 0 Å². The standard InChI is InChI=1S/C22H29ClN4O3/c1-4-29-21(28)20-15(2)12-19(26-16(20)3)30-11-5-6-17-7-9-27(10-8-17)22-24-13-18(23)14-25-22/h12-14,17H,4-11H2,1-3H3. The molecule has 0 aliphatic carbocycles. The Morgan fingerprint density at radius 3 is 2.57 bits per heavy atom. The number of esters is 1. The molecule has 0 atom stereocenters. The van der Waals surface area contributed by atoms with E-state index in [9.17, 15) is 4.79 Å². The minimum atomic E-state index is -0.332. The second-order valence-corrected chi connectivity index (χ2v) is 8.02. The Morgan fingerprint density at radius 2 is 1.93 bits per heavy atom. The van der Waals surface area contributed by atoms with Crippen LogP contribution in [0.1, 0.15) is 54.2 Å². The van der Waals surface area contributed by atoms with Crippen LogP contribution in [0.25, 0.3) is 0 Å². The summed E-state index contributed by atoms with van der Waals surface area (Å²) in [6.07, 6.45) is 7.62. The van der Waals surface area contributed by atoms with Crippen molar-refractivity contribution < 1.29 is 14.3 Å². The van der Waals surface area contributed by atoms with Crippen molar-refractivity contribution >= 4 is 23.5 Å². The minimum Gasteiger partial charge on any atom is -0.478 e. The lowest BCUT2D eigenvalue weighted by Gasteiger charge is -2.31. The molecule has 8 heteroatoms. The molecule has 30 heavy (non-hydrogen) atoms. The van der Waals surface area contributed by atoms with E-state index in [4.69, 9.17) is 21.1 Å². The van der Waals surface area contributed by atoms with E-state index in [-0.39, 0.29) is 5.97 Å². The summed E-state index contributed by atoms with van der Waals surface area (Å²) in [5, 5.41) is 0.559. The zero-order valence-electron chi connectivity index (χ0n) is 17.9. The van der Waals surface area contributed by atoms with E-state index in [1.165, 1.54) is 0 Å². The number of aryl methyl sites for hydroxylation is 2. The van der Waals surface area contributed by atoms with Gasteiger partial charge in [0.05, 0.1) is 41.9 Å². The van der Waals surface area contributed by atoms with Crippen molar-refractivity contribution in [2.75, 3.05) is 31.2 Å². The molecule has 0 aromatic carbocycles. The molecule has 2 aromatic rings. The van der Waals surface area contributed by atoms with Crippen LogP contribution in [-0.2, 0) is 4.74 Å². The van der Waals surface area contributed by atoms with Crippen molar-refractivity contribution in [3.8, 4) is 5.88 Å². The normalized spacial score (nSPS) is 14.6. The third kappa shape index (κ3) is 5.81. The topological polar surface area (TPSA) is 77.4 Å². The fourth-order valence-electron chi connectivity index (χ4n) is 3.82. The van der Waals surface area contributed by atoms with Gasteiger partial charge in [0, 0.05) is 19.2 Å². The Hall–Kier alpha value is -2.41. The first-order chi connectivity index (χ1) is 14.5. The molecule has 1 aliphatic rings. The van der Waals surface area contributed by atoms with Gasteiger partial charge in [-0.05, 0) is 57.9 Å². The second-order valence-electron chi connectivity index (χ2n) is 7.58. The highest BCUT2D eigenvalue weighted by molar-refractivity contribution is 6.30. The minimum absolute atomic E-state index is 0.332. The Labute approximate surface area is 182 Å². The third-order valence-corrected chi connectivity index (χ3v) is 5.56. The summed E-state index contributed by atoms with van der Waals surface area (Å²) in [6.45, 7) is 8.37. The van der Waals surface area contributed by atoms with Gasteiger partial charge in [-0.3, -0.25) is 0 Å². The number of piperidine rings is 1. The van der Waals surface area contributed by atoms with Gasteiger partial charge < -0.3 is 14.4 Å². The van der Waals surface area contributed by atoms with E-state index >= 15 is 0 Å². The molecule has 0 bridgehead atoms. The maximum absolute atomic E-state index is 12.0. The van der Waals surface area contributed by atoms with Crippen LogP contribution in [0, 0.1) is 19.8 Å². The molecule has 0 radical (unpaired) electrons. The van der Waals surface area contributed by atoms with Gasteiger partial charge in [0.25, 0.3) is 0 Å². The molecule has 0 unspecified atom stereocenters. The van der Waals surface area contributed by atoms with Gasteiger partial charge in [0.2, 0.25) is 11.8 Å². The SMILES string of the molecule is CCOC(=O)c1c(C)cc(OCCCC2CCN(c3ncc(Cl)cn3)CC2)nc1C. The number of aromatic nitrogens is 3. The molecule has 162 valence electrons. The molecule has 1 saturated heterocycles. The van der Waals surface area contributed by atoms with Crippen molar-refractivity contribution in [3.63, 3.8) is 0 Å². The molecule has 3 rings (SSSR count). The first kappa shape index (κ1) is 22.3. The summed E-state index contributed by atoms with van der Waals surface area (Å²) in [5.41, 5.74) is 1.99. The largest absolute Gasteiger partial charge is 0.478 e. The van der Waals surface area contributed by atoms with Gasteiger partial charge in [0.15, 0.2) is 0 Å². The number of pyridine rings is 1. The van der Waals surface area contributed by atoms with Gasteiger partial charge in [0.1, 0.15) is 0 Å². The highest BCUT2D eigenvalue weighted by Crippen LogP contribution is 2.25. The molecule has 0 N–H and O–H groups in total. The van der Waals surface area contributed by atoms with Crippen LogP contribution < -0.4 is 9.64 Å². The third-order valence-electron chi connectivity index (χ3n) is 5.36. The average molecular weight is 433 g/mol. The lowest BCUT2D eigenvalue weighted by Crippen LogP contribution is -2.34. The number of hydrogen-bond donors (Lipinski definition) is 0. The summed E-state index contributed by atoms with van der Waals surface area (Å²) >= 11 is 5.86. The van der Waals surface area contributed by atoms with E-state index in [1.54, 1.807) is 19.3 Å². The van der Waals surface area contributed by atoms with Crippen molar-refractivity contribution in [2.24, 2.45) is 5.92 Å². The van der Waals surface area contributed by atoms with Crippen LogP contribution in [0.15, 0.2) is 18.5 Å². The van der Waals surface area contributed by atoms with Gasteiger partial charge in [-0.15, -0.1) is 0 Å². The van der Waals surface area contributed by atoms with Crippen molar-refractivity contribution in [2.45, 2.75) is 46.5 Å². The number of anilines is 1. The van der Waals surface area contributed by atoms with E-state index in [1.807, 2.05) is 19.9 Å². The molecular formula is C22H29ClN4O3. The molecule has 7 nitrogen and oxygen atoms in total. The molecule has 0 spiro atoms. The molecule has 1 fully saturated rings. The van der Waals surface area contributed by atoms with Crippen LogP contribution >= 0.6 is 11.6 Å². The first-order valence-corrected chi connectivity index (χ1v) is 10.9. The first-order valence-electron chi connectivity index (χ1n) is 10.5. The predicted octanol–water partition coefficient (Wildman–Crippen LogP) is 4.39. The molecule has 1 aliphatic heterocycles. The van der Waals surface area contributed by atoms with Crippen LogP contribution in [0.4, 0.5) is 5.95 Å². The number of nitrogens with zero attached hydrogens (tertiary/aromatic N) is 4. The average Bonchev–Trinajstić information content (AvgIpc) is 2.72. The maximum Gasteiger partial charge on any atom is 0.340 e. The lowest BCUT2D eigenvalue weighted by molar-refractivity contribution is 0.0524. The number of carbonyl (C=O) groups excluding carboxylic acids is 1. The molecule has 2 aromatic heterocycles. The van der Waals surface area contributed by atoms with Crippen molar-refractivity contribution in [1.29, 1.82) is 0 Å². The maximum atomic E-state index is 12.0. The Balaban J connectivity index is 1.41. The smallest absolute Gasteiger partial charge is 0.340 e. The molecular weight excluding hydrogens is 404 g/mol. The van der Waals surface area contributed by atoms with Gasteiger partial charge in [-0.25, -0.2) is 19.7 Å². The number of rotatable bonds is 8. The molecule has 0 saturated carbocycles. The van der Waals surface area contributed by atoms with E-state index in [2.05, 4.69) is 19.9 Å². The summed E-state index contributed by atoms with van der Waals surface area (Å²) in [7, 11) is 0. The number of carbonyl (C=O) groups is 1. The molecule has 3 heterocycles. The second kappa shape index (κ2) is 10.6. The zero-order valence-corrected chi connectivity index (χ0v) is 18.6.